The Labute approximate surface area is 86.6 Å². The SMILES string of the molecule is CNC(/C=C\C(C)=C1CC1)=C1CCC1. The van der Waals surface area contributed by atoms with Crippen LogP contribution < -0.4 is 5.32 Å². The van der Waals surface area contributed by atoms with Crippen LogP contribution in [0.4, 0.5) is 0 Å². The van der Waals surface area contributed by atoms with Crippen molar-refractivity contribution in [3.8, 4) is 0 Å². The van der Waals surface area contributed by atoms with Crippen LogP contribution in [0.2, 0.25) is 0 Å². The van der Waals surface area contributed by atoms with Gasteiger partial charge in [0.2, 0.25) is 0 Å². The molecule has 0 saturated heterocycles. The molecule has 0 unspecified atom stereocenters. The molecular weight excluding hydrogens is 170 g/mol. The lowest BCUT2D eigenvalue weighted by atomic mass is 9.90. The molecule has 0 aromatic heterocycles. The van der Waals surface area contributed by atoms with E-state index in [0.717, 1.165) is 0 Å². The average Bonchev–Trinajstić information content (AvgIpc) is 2.90. The molecule has 1 N–H and O–H groups in total. The Morgan fingerprint density at radius 2 is 1.79 bits per heavy atom. The Kier molecular flexibility index (Phi) is 2.76. The van der Waals surface area contributed by atoms with E-state index in [1.807, 2.05) is 7.05 Å². The van der Waals surface area contributed by atoms with E-state index in [1.54, 1.807) is 11.1 Å². The highest BCUT2D eigenvalue weighted by molar-refractivity contribution is 5.36. The van der Waals surface area contributed by atoms with Crippen molar-refractivity contribution in [1.29, 1.82) is 0 Å². The molecule has 2 aliphatic carbocycles. The van der Waals surface area contributed by atoms with Crippen LogP contribution in [0.1, 0.15) is 39.0 Å². The van der Waals surface area contributed by atoms with Crippen molar-refractivity contribution in [3.63, 3.8) is 0 Å². The fourth-order valence-corrected chi connectivity index (χ4v) is 1.78. The zero-order valence-corrected chi connectivity index (χ0v) is 9.19. The Hall–Kier alpha value is -0.980. The van der Waals surface area contributed by atoms with Gasteiger partial charge in [0.1, 0.15) is 0 Å². The summed E-state index contributed by atoms with van der Waals surface area (Å²) in [6, 6.07) is 0. The van der Waals surface area contributed by atoms with E-state index in [4.69, 9.17) is 0 Å². The highest BCUT2D eigenvalue weighted by atomic mass is 14.8. The summed E-state index contributed by atoms with van der Waals surface area (Å²) in [5, 5.41) is 3.29. The van der Waals surface area contributed by atoms with Gasteiger partial charge in [0, 0.05) is 12.7 Å². The summed E-state index contributed by atoms with van der Waals surface area (Å²) in [4.78, 5) is 0. The molecule has 0 amide bonds. The fraction of sp³-hybridized carbons (Fsp3) is 0.538. The summed E-state index contributed by atoms with van der Waals surface area (Å²) in [7, 11) is 2.02. The quantitative estimate of drug-likeness (QED) is 0.718. The Balaban J connectivity index is 2.04. The van der Waals surface area contributed by atoms with E-state index in [2.05, 4.69) is 24.4 Å². The van der Waals surface area contributed by atoms with Crippen LogP contribution in [-0.2, 0) is 0 Å². The normalized spacial score (nSPS) is 19.6. The largest absolute Gasteiger partial charge is 0.388 e. The summed E-state index contributed by atoms with van der Waals surface area (Å²) in [5.41, 5.74) is 6.04. The minimum absolute atomic E-state index is 1.29. The smallest absolute Gasteiger partial charge is 0.0329 e. The molecule has 0 aromatic carbocycles. The van der Waals surface area contributed by atoms with Crippen molar-refractivity contribution < 1.29 is 0 Å². The number of nitrogens with one attached hydrogen (secondary N) is 1. The average molecular weight is 189 g/mol. The standard InChI is InChI=1S/C13H19N/c1-10(11-7-8-11)6-9-13(14-2)12-4-3-5-12/h6,9,14H,3-5,7-8H2,1-2H3/b9-6-. The third-order valence-electron chi connectivity index (χ3n) is 3.17. The molecule has 0 aliphatic heterocycles. The maximum Gasteiger partial charge on any atom is 0.0329 e. The van der Waals surface area contributed by atoms with E-state index in [9.17, 15) is 0 Å². The molecule has 1 nitrogen and oxygen atoms in total. The van der Waals surface area contributed by atoms with Gasteiger partial charge in [0.25, 0.3) is 0 Å². The third kappa shape index (κ3) is 2.09. The van der Waals surface area contributed by atoms with E-state index >= 15 is 0 Å². The van der Waals surface area contributed by atoms with Gasteiger partial charge in [0.15, 0.2) is 0 Å². The minimum Gasteiger partial charge on any atom is -0.388 e. The molecule has 1 heteroatoms. The van der Waals surface area contributed by atoms with Gasteiger partial charge in [-0.2, -0.15) is 0 Å². The van der Waals surface area contributed by atoms with Crippen LogP contribution in [0.5, 0.6) is 0 Å². The summed E-state index contributed by atoms with van der Waals surface area (Å²) >= 11 is 0. The van der Waals surface area contributed by atoms with Gasteiger partial charge in [-0.1, -0.05) is 17.2 Å². The fourth-order valence-electron chi connectivity index (χ4n) is 1.78. The van der Waals surface area contributed by atoms with Gasteiger partial charge in [-0.25, -0.2) is 0 Å². The molecule has 0 spiro atoms. The molecule has 2 rings (SSSR count). The first kappa shape index (κ1) is 9.57. The van der Waals surface area contributed by atoms with Crippen LogP contribution in [0.3, 0.4) is 0 Å². The molecule has 0 aromatic rings. The zero-order chi connectivity index (χ0) is 9.97. The highest BCUT2D eigenvalue weighted by Crippen LogP contribution is 2.32. The molecule has 14 heavy (non-hydrogen) atoms. The number of hydrogen-bond donors (Lipinski definition) is 1. The molecule has 2 saturated carbocycles. The van der Waals surface area contributed by atoms with Crippen LogP contribution >= 0.6 is 0 Å². The van der Waals surface area contributed by atoms with Gasteiger partial charge < -0.3 is 5.32 Å². The van der Waals surface area contributed by atoms with Gasteiger partial charge in [0.05, 0.1) is 0 Å². The van der Waals surface area contributed by atoms with Crippen molar-refractivity contribution in [2.75, 3.05) is 7.05 Å². The second kappa shape index (κ2) is 4.04. The van der Waals surface area contributed by atoms with Crippen molar-refractivity contribution in [3.05, 3.63) is 34.6 Å². The van der Waals surface area contributed by atoms with Gasteiger partial charge in [-0.3, -0.25) is 0 Å². The number of allylic oxidation sites excluding steroid dienone is 5. The first-order chi connectivity index (χ1) is 6.81. The molecule has 0 heterocycles. The predicted molar refractivity (Wildman–Crippen MR) is 61.0 cm³/mol. The Bertz CT molecular complexity index is 306. The molecule has 0 bridgehead atoms. The van der Waals surface area contributed by atoms with Crippen LogP contribution in [0.15, 0.2) is 34.6 Å². The van der Waals surface area contributed by atoms with Gasteiger partial charge >= 0.3 is 0 Å². The molecular formula is C13H19N. The lowest BCUT2D eigenvalue weighted by Crippen LogP contribution is -2.11. The third-order valence-corrected chi connectivity index (χ3v) is 3.17. The Morgan fingerprint density at radius 1 is 1.07 bits per heavy atom. The number of hydrogen-bond acceptors (Lipinski definition) is 1. The van der Waals surface area contributed by atoms with Crippen molar-refractivity contribution in [2.24, 2.45) is 0 Å². The summed E-state index contributed by atoms with van der Waals surface area (Å²) in [6.45, 7) is 2.22. The monoisotopic (exact) mass is 189 g/mol. The molecule has 2 fully saturated rings. The maximum absolute atomic E-state index is 3.29. The lowest BCUT2D eigenvalue weighted by Gasteiger charge is -2.20. The zero-order valence-electron chi connectivity index (χ0n) is 9.19. The topological polar surface area (TPSA) is 12.0 Å². The molecule has 2 aliphatic rings. The second-order valence-electron chi connectivity index (χ2n) is 4.24. The van der Waals surface area contributed by atoms with Gasteiger partial charge in [-0.05, 0) is 50.7 Å². The number of rotatable bonds is 3. The van der Waals surface area contributed by atoms with E-state index in [1.165, 1.54) is 43.4 Å². The molecule has 0 radical (unpaired) electrons. The van der Waals surface area contributed by atoms with Crippen LogP contribution in [-0.4, -0.2) is 7.05 Å². The van der Waals surface area contributed by atoms with Crippen molar-refractivity contribution in [1.82, 2.24) is 5.32 Å². The Morgan fingerprint density at radius 3 is 2.21 bits per heavy atom. The van der Waals surface area contributed by atoms with Crippen LogP contribution in [0, 0.1) is 0 Å². The summed E-state index contributed by atoms with van der Waals surface area (Å²) < 4.78 is 0. The highest BCUT2D eigenvalue weighted by Gasteiger charge is 2.14. The first-order valence-corrected chi connectivity index (χ1v) is 5.57. The molecule has 0 atom stereocenters. The first-order valence-electron chi connectivity index (χ1n) is 5.57. The van der Waals surface area contributed by atoms with Crippen molar-refractivity contribution in [2.45, 2.75) is 39.0 Å². The van der Waals surface area contributed by atoms with E-state index < -0.39 is 0 Å². The minimum atomic E-state index is 1.29. The maximum atomic E-state index is 3.29. The predicted octanol–water partition coefficient (Wildman–Crippen LogP) is 3.31. The van der Waals surface area contributed by atoms with E-state index in [0.29, 0.717) is 0 Å². The summed E-state index contributed by atoms with van der Waals surface area (Å²) in [6.07, 6.45) is 11.1. The lowest BCUT2D eigenvalue weighted by molar-refractivity contribution is 0.644. The van der Waals surface area contributed by atoms with Crippen molar-refractivity contribution >= 4 is 0 Å². The second-order valence-corrected chi connectivity index (χ2v) is 4.24. The molecule has 76 valence electrons. The summed E-state index contributed by atoms with van der Waals surface area (Å²) in [5.74, 6) is 0. The van der Waals surface area contributed by atoms with Gasteiger partial charge in [-0.15, -0.1) is 0 Å². The van der Waals surface area contributed by atoms with E-state index in [-0.39, 0.29) is 0 Å². The van der Waals surface area contributed by atoms with Crippen LogP contribution in [0.25, 0.3) is 0 Å². The number of likely N-dealkylation sites (N-methyl/N-ethyl adjacent to an activating group) is 1.